The third kappa shape index (κ3) is 2.98. The number of nitrogens with zero attached hydrogens (tertiary/aromatic N) is 4. The standard InChI is InChI=1S/C13H14ClN5O2/c1-20-6-4-19-8-16-12-10(19)11(17-13(14)18-12)15-7-9-3-2-5-21-9/h2-3,5,8H,4,6-7H2,1H3,(H,15,17,18). The molecule has 8 heteroatoms. The zero-order chi connectivity index (χ0) is 14.7. The number of aromatic nitrogens is 4. The number of rotatable bonds is 6. The molecule has 0 bridgehead atoms. The Bertz CT molecular complexity index is 726. The van der Waals surface area contributed by atoms with Gasteiger partial charge in [0.15, 0.2) is 11.5 Å². The van der Waals surface area contributed by atoms with Gasteiger partial charge in [0.05, 0.1) is 25.7 Å². The summed E-state index contributed by atoms with van der Waals surface area (Å²) >= 11 is 5.94. The van der Waals surface area contributed by atoms with E-state index in [2.05, 4.69) is 20.3 Å². The van der Waals surface area contributed by atoms with Crippen molar-refractivity contribution in [3.05, 3.63) is 35.8 Å². The van der Waals surface area contributed by atoms with Crippen LogP contribution in [0.4, 0.5) is 5.82 Å². The molecule has 0 aliphatic rings. The van der Waals surface area contributed by atoms with Gasteiger partial charge in [-0.25, -0.2) is 4.98 Å². The highest BCUT2D eigenvalue weighted by atomic mass is 35.5. The third-order valence-corrected chi connectivity index (χ3v) is 3.16. The largest absolute Gasteiger partial charge is 0.467 e. The minimum atomic E-state index is 0.154. The predicted molar refractivity (Wildman–Crippen MR) is 78.2 cm³/mol. The van der Waals surface area contributed by atoms with E-state index in [1.54, 1.807) is 19.7 Å². The van der Waals surface area contributed by atoms with Gasteiger partial charge in [0, 0.05) is 13.7 Å². The maximum atomic E-state index is 5.94. The average molecular weight is 308 g/mol. The number of fused-ring (bicyclic) bond motifs is 1. The summed E-state index contributed by atoms with van der Waals surface area (Å²) in [6.45, 7) is 1.74. The fourth-order valence-electron chi connectivity index (χ4n) is 2.02. The molecular formula is C13H14ClN5O2. The lowest BCUT2D eigenvalue weighted by Gasteiger charge is -2.09. The molecule has 0 fully saturated rings. The molecule has 21 heavy (non-hydrogen) atoms. The maximum Gasteiger partial charge on any atom is 0.226 e. The Hall–Kier alpha value is -2.12. The Balaban J connectivity index is 1.92. The van der Waals surface area contributed by atoms with Gasteiger partial charge < -0.3 is 19.0 Å². The van der Waals surface area contributed by atoms with E-state index in [0.29, 0.717) is 31.2 Å². The summed E-state index contributed by atoms with van der Waals surface area (Å²) in [6, 6.07) is 3.72. The fraction of sp³-hybridized carbons (Fsp3) is 0.308. The Kier molecular flexibility index (Phi) is 4.03. The second-order valence-electron chi connectivity index (χ2n) is 4.38. The number of hydrogen-bond donors (Lipinski definition) is 1. The molecule has 0 spiro atoms. The number of halogens is 1. The zero-order valence-electron chi connectivity index (χ0n) is 11.4. The fourth-order valence-corrected chi connectivity index (χ4v) is 2.18. The number of nitrogens with one attached hydrogen (secondary N) is 1. The van der Waals surface area contributed by atoms with Crippen molar-refractivity contribution in [2.75, 3.05) is 19.0 Å². The molecule has 3 heterocycles. The summed E-state index contributed by atoms with van der Waals surface area (Å²) in [5.41, 5.74) is 1.34. The monoisotopic (exact) mass is 307 g/mol. The summed E-state index contributed by atoms with van der Waals surface area (Å²) < 4.78 is 12.3. The summed E-state index contributed by atoms with van der Waals surface area (Å²) in [5, 5.41) is 3.36. The minimum Gasteiger partial charge on any atom is -0.467 e. The number of imidazole rings is 1. The van der Waals surface area contributed by atoms with Crippen LogP contribution < -0.4 is 5.32 Å². The molecule has 3 rings (SSSR count). The van der Waals surface area contributed by atoms with Crippen LogP contribution in [0.1, 0.15) is 5.76 Å². The van der Waals surface area contributed by atoms with Crippen LogP contribution >= 0.6 is 11.6 Å². The van der Waals surface area contributed by atoms with Gasteiger partial charge in [-0.15, -0.1) is 0 Å². The molecule has 3 aromatic heterocycles. The normalized spacial score (nSPS) is 11.1. The average Bonchev–Trinajstić information content (AvgIpc) is 3.12. The summed E-state index contributed by atoms with van der Waals surface area (Å²) in [6.07, 6.45) is 3.33. The van der Waals surface area contributed by atoms with E-state index >= 15 is 0 Å². The lowest BCUT2D eigenvalue weighted by atomic mass is 10.4. The quantitative estimate of drug-likeness (QED) is 0.704. The molecule has 0 unspecified atom stereocenters. The van der Waals surface area contributed by atoms with E-state index in [0.717, 1.165) is 11.3 Å². The molecule has 0 saturated heterocycles. The van der Waals surface area contributed by atoms with Crippen LogP contribution in [-0.4, -0.2) is 33.2 Å². The Morgan fingerprint density at radius 1 is 1.43 bits per heavy atom. The first-order valence-corrected chi connectivity index (χ1v) is 6.79. The van der Waals surface area contributed by atoms with Gasteiger partial charge in [0.2, 0.25) is 5.28 Å². The van der Waals surface area contributed by atoms with Gasteiger partial charge in [-0.1, -0.05) is 0 Å². The second-order valence-corrected chi connectivity index (χ2v) is 4.72. The first-order chi connectivity index (χ1) is 10.3. The molecule has 0 amide bonds. The second kappa shape index (κ2) is 6.11. The van der Waals surface area contributed by atoms with E-state index in [4.69, 9.17) is 20.8 Å². The molecule has 0 aromatic carbocycles. The van der Waals surface area contributed by atoms with Crippen molar-refractivity contribution >= 4 is 28.6 Å². The van der Waals surface area contributed by atoms with E-state index in [1.165, 1.54) is 0 Å². The first kappa shape index (κ1) is 13.8. The van der Waals surface area contributed by atoms with Crippen LogP contribution in [-0.2, 0) is 17.8 Å². The number of hydrogen-bond acceptors (Lipinski definition) is 6. The molecule has 1 N–H and O–H groups in total. The number of furan rings is 1. The number of anilines is 1. The van der Waals surface area contributed by atoms with Crippen molar-refractivity contribution in [2.45, 2.75) is 13.1 Å². The van der Waals surface area contributed by atoms with Crippen molar-refractivity contribution in [1.82, 2.24) is 19.5 Å². The van der Waals surface area contributed by atoms with Crippen LogP contribution in [0.3, 0.4) is 0 Å². The molecule has 3 aromatic rings. The van der Waals surface area contributed by atoms with Crippen LogP contribution in [0.5, 0.6) is 0 Å². The molecule has 0 atom stereocenters. The molecule has 0 aliphatic carbocycles. The van der Waals surface area contributed by atoms with Crippen molar-refractivity contribution in [3.8, 4) is 0 Å². The Morgan fingerprint density at radius 3 is 3.10 bits per heavy atom. The highest BCUT2D eigenvalue weighted by molar-refractivity contribution is 6.28. The molecule has 7 nitrogen and oxygen atoms in total. The van der Waals surface area contributed by atoms with Crippen LogP contribution in [0.2, 0.25) is 5.28 Å². The zero-order valence-corrected chi connectivity index (χ0v) is 12.2. The molecule has 110 valence electrons. The first-order valence-electron chi connectivity index (χ1n) is 6.41. The number of methoxy groups -OCH3 is 1. The third-order valence-electron chi connectivity index (χ3n) is 2.99. The van der Waals surface area contributed by atoms with Crippen LogP contribution in [0.15, 0.2) is 29.1 Å². The predicted octanol–water partition coefficient (Wildman–Crippen LogP) is 2.33. The highest BCUT2D eigenvalue weighted by Crippen LogP contribution is 2.22. The van der Waals surface area contributed by atoms with Gasteiger partial charge in [0.25, 0.3) is 0 Å². The summed E-state index contributed by atoms with van der Waals surface area (Å²) in [7, 11) is 1.66. The molecule has 0 radical (unpaired) electrons. The van der Waals surface area contributed by atoms with E-state index in [9.17, 15) is 0 Å². The minimum absolute atomic E-state index is 0.154. The SMILES string of the molecule is COCCn1cnc2nc(Cl)nc(NCc3ccco3)c21. The van der Waals surface area contributed by atoms with E-state index in [-0.39, 0.29) is 5.28 Å². The van der Waals surface area contributed by atoms with Crippen molar-refractivity contribution < 1.29 is 9.15 Å². The van der Waals surface area contributed by atoms with Gasteiger partial charge >= 0.3 is 0 Å². The summed E-state index contributed by atoms with van der Waals surface area (Å²) in [4.78, 5) is 12.6. The molecule has 0 saturated carbocycles. The van der Waals surface area contributed by atoms with Gasteiger partial charge in [-0.2, -0.15) is 9.97 Å². The number of ether oxygens (including phenoxy) is 1. The van der Waals surface area contributed by atoms with Gasteiger partial charge in [-0.05, 0) is 23.7 Å². The lowest BCUT2D eigenvalue weighted by molar-refractivity contribution is 0.188. The molecule has 0 aliphatic heterocycles. The summed E-state index contributed by atoms with van der Waals surface area (Å²) in [5.74, 6) is 1.43. The van der Waals surface area contributed by atoms with Crippen LogP contribution in [0.25, 0.3) is 11.2 Å². The molecular weight excluding hydrogens is 294 g/mol. The van der Waals surface area contributed by atoms with Crippen molar-refractivity contribution in [1.29, 1.82) is 0 Å². The van der Waals surface area contributed by atoms with Crippen molar-refractivity contribution in [3.63, 3.8) is 0 Å². The topological polar surface area (TPSA) is 78.0 Å². The van der Waals surface area contributed by atoms with Crippen molar-refractivity contribution in [2.24, 2.45) is 0 Å². The van der Waals surface area contributed by atoms with E-state index < -0.39 is 0 Å². The lowest BCUT2D eigenvalue weighted by Crippen LogP contribution is -2.07. The van der Waals surface area contributed by atoms with E-state index in [1.807, 2.05) is 16.7 Å². The Labute approximate surface area is 125 Å². The Morgan fingerprint density at radius 2 is 2.33 bits per heavy atom. The van der Waals surface area contributed by atoms with Crippen LogP contribution in [0, 0.1) is 0 Å². The smallest absolute Gasteiger partial charge is 0.226 e. The van der Waals surface area contributed by atoms with Gasteiger partial charge in [0.1, 0.15) is 11.3 Å². The van der Waals surface area contributed by atoms with Gasteiger partial charge in [-0.3, -0.25) is 0 Å². The maximum absolute atomic E-state index is 5.94. The highest BCUT2D eigenvalue weighted by Gasteiger charge is 2.13.